The minimum absolute atomic E-state index is 0.445. The van der Waals surface area contributed by atoms with E-state index >= 15 is 0 Å². The van der Waals surface area contributed by atoms with E-state index in [1.165, 1.54) is 38.5 Å². The molecule has 0 aliphatic rings. The van der Waals surface area contributed by atoms with E-state index in [0.717, 1.165) is 12.8 Å². The molecule has 0 aromatic rings. The van der Waals surface area contributed by atoms with Gasteiger partial charge in [-0.25, -0.2) is 4.79 Å². The van der Waals surface area contributed by atoms with Crippen LogP contribution in [0.4, 0.5) is 0 Å². The van der Waals surface area contributed by atoms with Gasteiger partial charge in [-0.2, -0.15) is 5.26 Å². The summed E-state index contributed by atoms with van der Waals surface area (Å²) in [5.74, 6) is -0.727. The molecule has 5 heteroatoms. The van der Waals surface area contributed by atoms with Gasteiger partial charge in [-0.05, 0) is 33.1 Å². The Morgan fingerprint density at radius 1 is 1.00 bits per heavy atom. The molecular weight excluding hydrogens is 296 g/mol. The van der Waals surface area contributed by atoms with Gasteiger partial charge in [-0.3, -0.25) is 4.89 Å². The Labute approximate surface area is 141 Å². The van der Waals surface area contributed by atoms with E-state index in [2.05, 4.69) is 11.8 Å². The van der Waals surface area contributed by atoms with Crippen LogP contribution in [0.25, 0.3) is 0 Å². The van der Waals surface area contributed by atoms with E-state index < -0.39 is 17.9 Å². The maximum atomic E-state index is 12.0. The number of carbonyl (C=O) groups excluding carboxylic acids is 1. The van der Waals surface area contributed by atoms with Crippen molar-refractivity contribution in [3.63, 3.8) is 0 Å². The molecule has 2 atom stereocenters. The summed E-state index contributed by atoms with van der Waals surface area (Å²) in [5.41, 5.74) is -1.12. The van der Waals surface area contributed by atoms with E-state index in [4.69, 9.17) is 14.7 Å². The third kappa shape index (κ3) is 9.28. The molecule has 0 bridgehead atoms. The molecular formula is C18H36O5. The number of ether oxygens (including phenoxy) is 2. The van der Waals surface area contributed by atoms with Crippen LogP contribution in [0.3, 0.4) is 0 Å². The molecule has 0 saturated carbocycles. The zero-order valence-electron chi connectivity index (χ0n) is 15.4. The van der Waals surface area contributed by atoms with Crippen molar-refractivity contribution in [2.24, 2.45) is 0 Å². The van der Waals surface area contributed by atoms with Crippen molar-refractivity contribution < 1.29 is 24.4 Å². The fourth-order valence-corrected chi connectivity index (χ4v) is 2.83. The number of carbonyl (C=O) groups is 1. The molecule has 0 saturated heterocycles. The van der Waals surface area contributed by atoms with E-state index in [9.17, 15) is 4.79 Å². The van der Waals surface area contributed by atoms with E-state index in [1.807, 2.05) is 13.8 Å². The van der Waals surface area contributed by atoms with E-state index in [1.54, 1.807) is 6.92 Å². The molecule has 0 fully saturated rings. The van der Waals surface area contributed by atoms with Crippen molar-refractivity contribution in [2.75, 3.05) is 6.61 Å². The summed E-state index contributed by atoms with van der Waals surface area (Å²) in [5, 5.41) is 8.80. The second kappa shape index (κ2) is 13.8. The van der Waals surface area contributed by atoms with Crippen LogP contribution in [0.1, 0.15) is 91.9 Å². The Balaban J connectivity index is 4.28. The Morgan fingerprint density at radius 2 is 1.57 bits per heavy atom. The van der Waals surface area contributed by atoms with Gasteiger partial charge < -0.3 is 9.47 Å². The largest absolute Gasteiger partial charge is 0.373 e. The Bertz CT molecular complexity index is 295. The van der Waals surface area contributed by atoms with Crippen molar-refractivity contribution in [1.29, 1.82) is 0 Å². The molecule has 138 valence electrons. The van der Waals surface area contributed by atoms with Gasteiger partial charge in [-0.15, -0.1) is 0 Å². The van der Waals surface area contributed by atoms with Crippen LogP contribution in [0.15, 0.2) is 0 Å². The lowest BCUT2D eigenvalue weighted by atomic mass is 9.92. The maximum absolute atomic E-state index is 12.0. The summed E-state index contributed by atoms with van der Waals surface area (Å²) < 4.78 is 11.1. The molecule has 0 spiro atoms. The Kier molecular flexibility index (Phi) is 13.4. The molecule has 5 nitrogen and oxygen atoms in total. The van der Waals surface area contributed by atoms with Crippen molar-refractivity contribution in [1.82, 2.24) is 0 Å². The lowest BCUT2D eigenvalue weighted by Crippen LogP contribution is -2.45. The van der Waals surface area contributed by atoms with Gasteiger partial charge >= 0.3 is 5.97 Å². The van der Waals surface area contributed by atoms with Gasteiger partial charge in [0.1, 0.15) is 0 Å². The first-order valence-electron chi connectivity index (χ1n) is 9.21. The van der Waals surface area contributed by atoms with Crippen LogP contribution in [0.5, 0.6) is 0 Å². The topological polar surface area (TPSA) is 65.0 Å². The lowest BCUT2D eigenvalue weighted by Gasteiger charge is -2.32. The maximum Gasteiger partial charge on any atom is 0.373 e. The number of rotatable bonds is 15. The molecule has 0 aliphatic carbocycles. The molecule has 0 aromatic heterocycles. The standard InChI is InChI=1S/C18H36O5/c1-5-8-9-10-11-12-13-14-15-18(6-2,17(19)23-20)22-16(4)21-7-3/h16,20H,5-15H2,1-4H3. The van der Waals surface area contributed by atoms with Crippen LogP contribution in [0, 0.1) is 0 Å². The summed E-state index contributed by atoms with van der Waals surface area (Å²) in [6, 6.07) is 0. The van der Waals surface area contributed by atoms with Crippen molar-refractivity contribution in [3.05, 3.63) is 0 Å². The first-order valence-corrected chi connectivity index (χ1v) is 9.21. The quantitative estimate of drug-likeness (QED) is 0.196. The van der Waals surface area contributed by atoms with Crippen LogP contribution >= 0.6 is 0 Å². The fourth-order valence-electron chi connectivity index (χ4n) is 2.83. The number of unbranched alkanes of at least 4 members (excludes halogenated alkanes) is 7. The smallest absolute Gasteiger partial charge is 0.353 e. The number of hydrogen-bond acceptors (Lipinski definition) is 5. The number of hydrogen-bond donors (Lipinski definition) is 1. The Morgan fingerprint density at radius 3 is 2.04 bits per heavy atom. The molecule has 0 radical (unpaired) electrons. The zero-order chi connectivity index (χ0) is 17.6. The second-order valence-corrected chi connectivity index (χ2v) is 6.09. The minimum Gasteiger partial charge on any atom is -0.353 e. The van der Waals surface area contributed by atoms with Crippen LogP contribution in [-0.4, -0.2) is 29.7 Å². The summed E-state index contributed by atoms with van der Waals surface area (Å²) in [6.07, 6.45) is 9.96. The lowest BCUT2D eigenvalue weighted by molar-refractivity contribution is -0.273. The molecule has 0 amide bonds. The van der Waals surface area contributed by atoms with Crippen molar-refractivity contribution >= 4 is 5.97 Å². The van der Waals surface area contributed by atoms with Crippen molar-refractivity contribution in [2.45, 2.75) is 104 Å². The first-order chi connectivity index (χ1) is 11.1. The molecule has 23 heavy (non-hydrogen) atoms. The van der Waals surface area contributed by atoms with Crippen molar-refractivity contribution in [3.8, 4) is 0 Å². The second-order valence-electron chi connectivity index (χ2n) is 6.09. The predicted octanol–water partition coefficient (Wildman–Crippen LogP) is 5.08. The summed E-state index contributed by atoms with van der Waals surface area (Å²) >= 11 is 0. The molecule has 0 heterocycles. The van der Waals surface area contributed by atoms with Gasteiger partial charge in [0, 0.05) is 6.61 Å². The normalized spacial score (nSPS) is 15.2. The summed E-state index contributed by atoms with van der Waals surface area (Å²) in [6.45, 7) is 8.21. The summed E-state index contributed by atoms with van der Waals surface area (Å²) in [4.78, 5) is 16.0. The van der Waals surface area contributed by atoms with Gasteiger partial charge in [0.2, 0.25) is 0 Å². The highest BCUT2D eigenvalue weighted by molar-refractivity contribution is 5.78. The summed E-state index contributed by atoms with van der Waals surface area (Å²) in [7, 11) is 0. The first kappa shape index (κ1) is 22.4. The molecule has 0 aromatic carbocycles. The third-order valence-corrected chi connectivity index (χ3v) is 4.25. The van der Waals surface area contributed by atoms with E-state index in [-0.39, 0.29) is 0 Å². The SMILES string of the molecule is CCCCCCCCCCC(CC)(OC(C)OCC)C(=O)OO. The molecule has 0 aliphatic heterocycles. The highest BCUT2D eigenvalue weighted by Gasteiger charge is 2.41. The monoisotopic (exact) mass is 332 g/mol. The van der Waals surface area contributed by atoms with Gasteiger partial charge in [0.25, 0.3) is 0 Å². The zero-order valence-corrected chi connectivity index (χ0v) is 15.4. The Hall–Kier alpha value is -0.650. The van der Waals surface area contributed by atoms with E-state index in [0.29, 0.717) is 19.4 Å². The fraction of sp³-hybridized carbons (Fsp3) is 0.944. The third-order valence-electron chi connectivity index (χ3n) is 4.25. The van der Waals surface area contributed by atoms with Gasteiger partial charge in [-0.1, -0.05) is 58.8 Å². The highest BCUT2D eigenvalue weighted by atomic mass is 17.1. The van der Waals surface area contributed by atoms with Crippen LogP contribution < -0.4 is 0 Å². The average Bonchev–Trinajstić information content (AvgIpc) is 2.55. The van der Waals surface area contributed by atoms with Gasteiger partial charge in [0.15, 0.2) is 11.9 Å². The molecule has 0 rings (SSSR count). The average molecular weight is 332 g/mol. The van der Waals surface area contributed by atoms with Crippen LogP contribution in [0.2, 0.25) is 0 Å². The van der Waals surface area contributed by atoms with Crippen LogP contribution in [-0.2, 0) is 19.2 Å². The minimum atomic E-state index is -1.12. The molecule has 1 N–H and O–H groups in total. The highest BCUT2D eigenvalue weighted by Crippen LogP contribution is 2.28. The molecule has 2 unspecified atom stereocenters. The van der Waals surface area contributed by atoms with Gasteiger partial charge in [0.05, 0.1) is 0 Å². The predicted molar refractivity (Wildman–Crippen MR) is 91.1 cm³/mol.